The van der Waals surface area contributed by atoms with Crippen LogP contribution in [0.15, 0.2) is 60.7 Å². The number of rotatable bonds is 9. The third-order valence-electron chi connectivity index (χ3n) is 8.68. The molecule has 5 rings (SSSR count). The lowest BCUT2D eigenvalue weighted by Crippen LogP contribution is -2.46. The first-order chi connectivity index (χ1) is 19.2. The number of esters is 2. The number of benzene rings is 3. The summed E-state index contributed by atoms with van der Waals surface area (Å²) < 4.78 is 23.0. The highest BCUT2D eigenvalue weighted by atomic mass is 16.5. The van der Waals surface area contributed by atoms with E-state index in [1.165, 1.54) is 6.42 Å². The fraction of sp³-hybridized carbons (Fsp3) is 0.471. The Bertz CT molecular complexity index is 1330. The fourth-order valence-corrected chi connectivity index (χ4v) is 5.74. The van der Waals surface area contributed by atoms with Gasteiger partial charge in [0.15, 0.2) is 0 Å². The van der Waals surface area contributed by atoms with Gasteiger partial charge in [0.25, 0.3) is 0 Å². The van der Waals surface area contributed by atoms with E-state index in [-0.39, 0.29) is 17.5 Å². The summed E-state index contributed by atoms with van der Waals surface area (Å²) >= 11 is 0. The van der Waals surface area contributed by atoms with Crippen molar-refractivity contribution in [2.75, 3.05) is 19.8 Å². The second-order valence-electron chi connectivity index (χ2n) is 12.0. The van der Waals surface area contributed by atoms with Gasteiger partial charge >= 0.3 is 11.9 Å². The topological polar surface area (TPSA) is 71.1 Å². The quantitative estimate of drug-likeness (QED) is 0.205. The van der Waals surface area contributed by atoms with Crippen molar-refractivity contribution >= 4 is 22.7 Å². The van der Waals surface area contributed by atoms with Crippen LogP contribution in [0.1, 0.15) is 74.1 Å². The molecule has 0 bridgehead atoms. The van der Waals surface area contributed by atoms with E-state index in [4.69, 9.17) is 18.9 Å². The molecule has 0 aromatic heterocycles. The van der Waals surface area contributed by atoms with Crippen molar-refractivity contribution < 1.29 is 28.5 Å². The Morgan fingerprint density at radius 3 is 2.12 bits per heavy atom. The average molecular weight is 545 g/mol. The van der Waals surface area contributed by atoms with E-state index in [1.807, 2.05) is 30.3 Å². The highest BCUT2D eigenvalue weighted by molar-refractivity contribution is 5.95. The maximum absolute atomic E-state index is 12.9. The molecule has 1 saturated heterocycles. The van der Waals surface area contributed by atoms with Gasteiger partial charge in [-0.3, -0.25) is 0 Å². The molecule has 212 valence electrons. The lowest BCUT2D eigenvalue weighted by atomic mass is 9.75. The van der Waals surface area contributed by atoms with Crippen LogP contribution < -0.4 is 9.47 Å². The van der Waals surface area contributed by atoms with Crippen LogP contribution in [0.3, 0.4) is 0 Å². The van der Waals surface area contributed by atoms with Crippen LogP contribution in [0, 0.1) is 23.2 Å². The fourth-order valence-electron chi connectivity index (χ4n) is 5.74. The Labute approximate surface area is 237 Å². The van der Waals surface area contributed by atoms with Gasteiger partial charge in [-0.05, 0) is 96.3 Å². The Hall–Kier alpha value is -3.38. The number of carbonyl (C=O) groups is 2. The molecule has 6 nitrogen and oxygen atoms in total. The van der Waals surface area contributed by atoms with Crippen molar-refractivity contribution in [3.8, 4) is 11.5 Å². The first-order valence-corrected chi connectivity index (χ1v) is 14.5. The van der Waals surface area contributed by atoms with Crippen molar-refractivity contribution in [1.82, 2.24) is 0 Å². The van der Waals surface area contributed by atoms with Gasteiger partial charge in [0, 0.05) is 0 Å². The summed E-state index contributed by atoms with van der Waals surface area (Å²) in [6.45, 7) is 10.9. The minimum atomic E-state index is -0.479. The number of ether oxygens (including phenoxy) is 4. The molecule has 1 aliphatic carbocycles. The maximum Gasteiger partial charge on any atom is 0.343 e. The van der Waals surface area contributed by atoms with Crippen molar-refractivity contribution in [2.45, 2.75) is 59.5 Å². The molecule has 2 aliphatic rings. The molecule has 0 spiro atoms. The SMILES string of the molecule is CCC1(COc2ccc3cc(OC(=O)c4ccc(C(=O)OC5CC(C)CCC5C(C)C)cc4)ccc3c2)COC1. The second kappa shape index (κ2) is 12.0. The van der Waals surface area contributed by atoms with Crippen LogP contribution in [0.25, 0.3) is 10.8 Å². The molecular formula is C34H40O6. The second-order valence-corrected chi connectivity index (χ2v) is 12.0. The summed E-state index contributed by atoms with van der Waals surface area (Å²) in [7, 11) is 0. The number of hydrogen-bond donors (Lipinski definition) is 0. The first-order valence-electron chi connectivity index (χ1n) is 14.5. The van der Waals surface area contributed by atoms with Gasteiger partial charge in [-0.1, -0.05) is 46.2 Å². The molecule has 6 heteroatoms. The first kappa shape index (κ1) is 28.2. The molecular weight excluding hydrogens is 504 g/mol. The summed E-state index contributed by atoms with van der Waals surface area (Å²) in [5.74, 6) is 1.85. The van der Waals surface area contributed by atoms with Gasteiger partial charge in [-0.15, -0.1) is 0 Å². The Balaban J connectivity index is 1.19. The standard InChI is InChI=1S/C34H40O6/c1-5-34(19-37-20-34)21-38-28-13-11-27-18-29(14-12-26(27)17-28)39-32(35)24-7-9-25(10-8-24)33(36)40-31-16-23(4)6-15-30(31)22(2)3/h7-14,17-18,22-23,30-31H,5-6,15-16,19-21H2,1-4H3. The number of fused-ring (bicyclic) bond motifs is 1. The van der Waals surface area contributed by atoms with Crippen molar-refractivity contribution in [2.24, 2.45) is 23.2 Å². The van der Waals surface area contributed by atoms with Gasteiger partial charge in [-0.2, -0.15) is 0 Å². The van der Waals surface area contributed by atoms with E-state index in [0.717, 1.165) is 49.0 Å². The Morgan fingerprint density at radius 1 is 0.900 bits per heavy atom. The number of carbonyl (C=O) groups excluding carboxylic acids is 2. The Kier molecular flexibility index (Phi) is 8.46. The third-order valence-corrected chi connectivity index (χ3v) is 8.68. The zero-order chi connectivity index (χ0) is 28.3. The van der Waals surface area contributed by atoms with Gasteiger partial charge < -0.3 is 18.9 Å². The van der Waals surface area contributed by atoms with Gasteiger partial charge in [0.05, 0.1) is 36.4 Å². The van der Waals surface area contributed by atoms with Crippen LogP contribution in [0.2, 0.25) is 0 Å². The average Bonchev–Trinajstić information content (AvgIpc) is 2.92. The Morgan fingerprint density at radius 2 is 1.52 bits per heavy atom. The lowest BCUT2D eigenvalue weighted by molar-refractivity contribution is -0.133. The van der Waals surface area contributed by atoms with Crippen molar-refractivity contribution in [3.05, 3.63) is 71.8 Å². The van der Waals surface area contributed by atoms with Crippen molar-refractivity contribution in [1.29, 1.82) is 0 Å². The molecule has 1 saturated carbocycles. The molecule has 3 atom stereocenters. The summed E-state index contributed by atoms with van der Waals surface area (Å²) in [5, 5.41) is 1.95. The predicted octanol–water partition coefficient (Wildman–Crippen LogP) is 7.48. The van der Waals surface area contributed by atoms with E-state index >= 15 is 0 Å². The lowest BCUT2D eigenvalue weighted by Gasteiger charge is -2.40. The largest absolute Gasteiger partial charge is 0.493 e. The van der Waals surface area contributed by atoms with E-state index in [2.05, 4.69) is 27.7 Å². The maximum atomic E-state index is 12.9. The van der Waals surface area contributed by atoms with Crippen LogP contribution in [-0.2, 0) is 9.47 Å². The van der Waals surface area contributed by atoms with E-state index in [1.54, 1.807) is 30.3 Å². The summed E-state index contributed by atoms with van der Waals surface area (Å²) in [5.41, 5.74) is 0.934. The highest BCUT2D eigenvalue weighted by Gasteiger charge is 2.37. The minimum absolute atomic E-state index is 0.0678. The molecule has 0 N–H and O–H groups in total. The molecule has 2 fully saturated rings. The van der Waals surface area contributed by atoms with Gasteiger partial charge in [0.2, 0.25) is 0 Å². The van der Waals surface area contributed by atoms with Gasteiger partial charge in [0.1, 0.15) is 17.6 Å². The molecule has 1 heterocycles. The molecule has 3 aromatic rings. The van der Waals surface area contributed by atoms with Crippen LogP contribution in [-0.4, -0.2) is 37.9 Å². The summed E-state index contributed by atoms with van der Waals surface area (Å²) in [4.78, 5) is 25.7. The molecule has 3 unspecified atom stereocenters. The van der Waals surface area contributed by atoms with Crippen LogP contribution >= 0.6 is 0 Å². The molecule has 40 heavy (non-hydrogen) atoms. The monoisotopic (exact) mass is 544 g/mol. The van der Waals surface area contributed by atoms with Crippen LogP contribution in [0.5, 0.6) is 11.5 Å². The summed E-state index contributed by atoms with van der Waals surface area (Å²) in [6.07, 6.45) is 4.12. The van der Waals surface area contributed by atoms with Crippen LogP contribution in [0.4, 0.5) is 0 Å². The van der Waals surface area contributed by atoms with E-state index in [0.29, 0.717) is 41.2 Å². The molecule has 1 aliphatic heterocycles. The van der Waals surface area contributed by atoms with E-state index < -0.39 is 5.97 Å². The predicted molar refractivity (Wildman–Crippen MR) is 155 cm³/mol. The third kappa shape index (κ3) is 6.33. The zero-order valence-electron chi connectivity index (χ0n) is 24.0. The zero-order valence-corrected chi connectivity index (χ0v) is 24.0. The molecule has 3 aromatic carbocycles. The highest BCUT2D eigenvalue weighted by Crippen LogP contribution is 2.36. The molecule has 0 amide bonds. The molecule has 0 radical (unpaired) electrons. The van der Waals surface area contributed by atoms with Gasteiger partial charge in [-0.25, -0.2) is 9.59 Å². The number of hydrogen-bond acceptors (Lipinski definition) is 6. The minimum Gasteiger partial charge on any atom is -0.493 e. The normalized spacial score (nSPS) is 22.0. The summed E-state index contributed by atoms with van der Waals surface area (Å²) in [6, 6.07) is 17.9. The van der Waals surface area contributed by atoms with Crippen molar-refractivity contribution in [3.63, 3.8) is 0 Å². The van der Waals surface area contributed by atoms with E-state index in [9.17, 15) is 9.59 Å². The smallest absolute Gasteiger partial charge is 0.343 e.